The zero-order valence-electron chi connectivity index (χ0n) is 23.4. The van der Waals surface area contributed by atoms with Gasteiger partial charge in [-0.1, -0.05) is 48.0 Å². The van der Waals surface area contributed by atoms with Gasteiger partial charge in [0.15, 0.2) is 11.7 Å². The summed E-state index contributed by atoms with van der Waals surface area (Å²) < 4.78 is 5.66. The molecule has 0 aliphatic rings. The molecule has 0 unspecified atom stereocenters. The van der Waals surface area contributed by atoms with Crippen molar-refractivity contribution in [3.8, 4) is 17.0 Å². The lowest BCUT2D eigenvalue weighted by Gasteiger charge is -2.11. The molecular weight excluding hydrogens is 582 g/mol. The number of ether oxygens (including phenoxy) is 1. The van der Waals surface area contributed by atoms with Gasteiger partial charge in [0.1, 0.15) is 5.75 Å². The Bertz CT molecular complexity index is 1770. The number of amides is 2. The van der Waals surface area contributed by atoms with Crippen molar-refractivity contribution in [2.45, 2.75) is 13.8 Å². The molecule has 4 aromatic carbocycles. The number of anilines is 3. The lowest BCUT2D eigenvalue weighted by Crippen LogP contribution is -2.20. The van der Waals surface area contributed by atoms with Crippen LogP contribution >= 0.6 is 22.9 Å². The number of rotatable bonds is 10. The third kappa shape index (κ3) is 8.06. The van der Waals surface area contributed by atoms with Crippen LogP contribution in [0.4, 0.5) is 16.5 Å². The molecule has 5 rings (SSSR count). The van der Waals surface area contributed by atoms with Crippen LogP contribution in [-0.4, -0.2) is 29.6 Å². The molecule has 0 atom stereocenters. The monoisotopic (exact) mass is 609 g/mol. The van der Waals surface area contributed by atoms with Gasteiger partial charge in [-0.2, -0.15) is 5.10 Å². The van der Waals surface area contributed by atoms with Gasteiger partial charge in [-0.3, -0.25) is 9.59 Å². The maximum atomic E-state index is 12.6. The van der Waals surface area contributed by atoms with Crippen molar-refractivity contribution in [1.82, 2.24) is 10.4 Å². The van der Waals surface area contributed by atoms with E-state index in [1.54, 1.807) is 30.3 Å². The number of benzene rings is 4. The lowest BCUT2D eigenvalue weighted by molar-refractivity contribution is -0.118. The number of halogens is 1. The van der Waals surface area contributed by atoms with Crippen LogP contribution in [0, 0.1) is 13.8 Å². The summed E-state index contributed by atoms with van der Waals surface area (Å²) in [6.07, 6.45) is 1.51. The zero-order chi connectivity index (χ0) is 30.2. The van der Waals surface area contributed by atoms with Crippen LogP contribution in [0.2, 0.25) is 5.02 Å². The van der Waals surface area contributed by atoms with Gasteiger partial charge in [0.25, 0.3) is 11.8 Å². The number of hydrogen-bond acceptors (Lipinski definition) is 7. The van der Waals surface area contributed by atoms with E-state index in [0.29, 0.717) is 21.9 Å². The van der Waals surface area contributed by atoms with E-state index in [4.69, 9.17) is 16.3 Å². The van der Waals surface area contributed by atoms with Crippen molar-refractivity contribution in [1.29, 1.82) is 0 Å². The van der Waals surface area contributed by atoms with E-state index >= 15 is 0 Å². The largest absolute Gasteiger partial charge is 0.484 e. The Morgan fingerprint density at radius 1 is 0.977 bits per heavy atom. The fourth-order valence-corrected chi connectivity index (χ4v) is 4.91. The molecule has 0 fully saturated rings. The maximum Gasteiger partial charge on any atom is 0.271 e. The molecule has 2 amide bonds. The highest BCUT2D eigenvalue weighted by molar-refractivity contribution is 7.14. The van der Waals surface area contributed by atoms with Crippen LogP contribution in [0.25, 0.3) is 11.3 Å². The Labute approximate surface area is 258 Å². The van der Waals surface area contributed by atoms with E-state index in [0.717, 1.165) is 38.9 Å². The summed E-state index contributed by atoms with van der Waals surface area (Å²) in [6.45, 7) is 3.82. The summed E-state index contributed by atoms with van der Waals surface area (Å²) in [5, 5.41) is 13.6. The van der Waals surface area contributed by atoms with Gasteiger partial charge in [-0.15, -0.1) is 11.3 Å². The summed E-state index contributed by atoms with van der Waals surface area (Å²) in [5.74, 6) is -0.0897. The minimum absolute atomic E-state index is 0.137. The highest BCUT2D eigenvalue weighted by Gasteiger charge is 2.09. The Balaban J connectivity index is 1.11. The van der Waals surface area contributed by atoms with Crippen LogP contribution in [-0.2, 0) is 4.79 Å². The molecule has 43 heavy (non-hydrogen) atoms. The number of hydrogen-bond donors (Lipinski definition) is 3. The summed E-state index contributed by atoms with van der Waals surface area (Å²) in [6, 6.07) is 27.4. The summed E-state index contributed by atoms with van der Waals surface area (Å²) in [7, 11) is 0. The van der Waals surface area contributed by atoms with Crippen LogP contribution in [0.15, 0.2) is 101 Å². The van der Waals surface area contributed by atoms with Gasteiger partial charge in [0.2, 0.25) is 0 Å². The lowest BCUT2D eigenvalue weighted by atomic mass is 10.1. The van der Waals surface area contributed by atoms with E-state index in [1.807, 2.05) is 79.9 Å². The standard InChI is InChI=1S/C33H28ClN5O3S/c1-21-5-3-8-29(22(21)2)37-31(40)19-42-28-7-4-6-23(17-28)18-35-39-32(41)25-11-9-24(10-12-25)30-20-43-33(38-30)36-27-15-13-26(34)14-16-27/h3-18,20H,19H2,1-2H3,(H,36,38)(H,37,40)(H,39,41)/b35-18-. The topological polar surface area (TPSA) is 105 Å². The Hall–Kier alpha value is -4.99. The molecule has 10 heteroatoms. The number of carbonyl (C=O) groups is 2. The number of aryl methyl sites for hydroxylation is 1. The minimum atomic E-state index is -0.346. The van der Waals surface area contributed by atoms with Crippen LogP contribution < -0.4 is 20.8 Å². The third-order valence-corrected chi connectivity index (χ3v) is 7.54. The molecule has 0 bridgehead atoms. The molecule has 0 radical (unpaired) electrons. The predicted octanol–water partition coefficient (Wildman–Crippen LogP) is 7.61. The number of nitrogens with one attached hydrogen (secondary N) is 3. The van der Waals surface area contributed by atoms with Crippen LogP contribution in [0.1, 0.15) is 27.0 Å². The molecule has 0 saturated carbocycles. The summed E-state index contributed by atoms with van der Waals surface area (Å²) >= 11 is 7.44. The fourth-order valence-electron chi connectivity index (χ4n) is 4.05. The first-order chi connectivity index (χ1) is 20.8. The Kier molecular flexibility index (Phi) is 9.46. The van der Waals surface area contributed by atoms with Crippen molar-refractivity contribution in [2.24, 2.45) is 5.10 Å². The molecule has 0 aliphatic heterocycles. The second-order valence-electron chi connectivity index (χ2n) is 9.60. The average molecular weight is 610 g/mol. The molecule has 3 N–H and O–H groups in total. The number of thiazole rings is 1. The molecule has 8 nitrogen and oxygen atoms in total. The highest BCUT2D eigenvalue weighted by atomic mass is 35.5. The average Bonchev–Trinajstić information content (AvgIpc) is 3.48. The van der Waals surface area contributed by atoms with Crippen molar-refractivity contribution in [3.05, 3.63) is 124 Å². The normalized spacial score (nSPS) is 10.9. The zero-order valence-corrected chi connectivity index (χ0v) is 25.0. The molecule has 1 heterocycles. The number of hydrazone groups is 1. The molecular formula is C33H28ClN5O3S. The minimum Gasteiger partial charge on any atom is -0.484 e. The third-order valence-electron chi connectivity index (χ3n) is 6.53. The van der Waals surface area contributed by atoms with Gasteiger partial charge in [0.05, 0.1) is 11.9 Å². The van der Waals surface area contributed by atoms with E-state index in [-0.39, 0.29) is 18.4 Å². The summed E-state index contributed by atoms with van der Waals surface area (Å²) in [5.41, 5.74) is 9.17. The number of nitrogens with zero attached hydrogens (tertiary/aromatic N) is 2. The second-order valence-corrected chi connectivity index (χ2v) is 10.9. The molecule has 0 spiro atoms. The quantitative estimate of drug-likeness (QED) is 0.112. The Morgan fingerprint density at radius 2 is 1.74 bits per heavy atom. The van der Waals surface area contributed by atoms with E-state index in [2.05, 4.69) is 26.1 Å². The first-order valence-electron chi connectivity index (χ1n) is 13.3. The SMILES string of the molecule is Cc1cccc(NC(=O)COc2cccc(/C=N\NC(=O)c3ccc(-c4csc(Nc5ccc(Cl)cc5)n4)cc3)c2)c1C. The van der Waals surface area contributed by atoms with E-state index in [1.165, 1.54) is 17.6 Å². The van der Waals surface area contributed by atoms with Gasteiger partial charge in [-0.25, -0.2) is 10.4 Å². The van der Waals surface area contributed by atoms with Gasteiger partial charge in [-0.05, 0) is 85.1 Å². The maximum absolute atomic E-state index is 12.6. The fraction of sp³-hybridized carbons (Fsp3) is 0.0909. The molecule has 216 valence electrons. The van der Waals surface area contributed by atoms with E-state index < -0.39 is 0 Å². The van der Waals surface area contributed by atoms with E-state index in [9.17, 15) is 9.59 Å². The van der Waals surface area contributed by atoms with Crippen molar-refractivity contribution in [3.63, 3.8) is 0 Å². The molecule has 0 saturated heterocycles. The number of aromatic nitrogens is 1. The summed E-state index contributed by atoms with van der Waals surface area (Å²) in [4.78, 5) is 29.6. The van der Waals surface area contributed by atoms with Crippen molar-refractivity contribution in [2.75, 3.05) is 17.2 Å². The first kappa shape index (κ1) is 29.5. The van der Waals surface area contributed by atoms with Crippen molar-refractivity contribution < 1.29 is 14.3 Å². The van der Waals surface area contributed by atoms with Crippen LogP contribution in [0.5, 0.6) is 5.75 Å². The van der Waals surface area contributed by atoms with Gasteiger partial charge in [0, 0.05) is 32.9 Å². The highest BCUT2D eigenvalue weighted by Crippen LogP contribution is 2.28. The Morgan fingerprint density at radius 3 is 2.53 bits per heavy atom. The molecule has 0 aliphatic carbocycles. The molecule has 5 aromatic rings. The van der Waals surface area contributed by atoms with Crippen molar-refractivity contribution >= 4 is 57.5 Å². The van der Waals surface area contributed by atoms with Gasteiger partial charge < -0.3 is 15.4 Å². The van der Waals surface area contributed by atoms with Crippen LogP contribution in [0.3, 0.4) is 0 Å². The number of carbonyl (C=O) groups excluding carboxylic acids is 2. The smallest absolute Gasteiger partial charge is 0.271 e. The first-order valence-corrected chi connectivity index (χ1v) is 14.6. The predicted molar refractivity (Wildman–Crippen MR) is 174 cm³/mol. The molecule has 1 aromatic heterocycles. The van der Waals surface area contributed by atoms with Gasteiger partial charge >= 0.3 is 0 Å². The second kappa shape index (κ2) is 13.8.